The maximum absolute atomic E-state index is 11.8. The third-order valence-corrected chi connectivity index (χ3v) is 2.19. The number of rotatable bonds is 8. The first-order valence-corrected chi connectivity index (χ1v) is 6.01. The number of hydrogen-bond donors (Lipinski definition) is 0. The lowest BCUT2D eigenvalue weighted by Gasteiger charge is -2.12. The second-order valence-corrected chi connectivity index (χ2v) is 3.81. The van der Waals surface area contributed by atoms with E-state index in [4.69, 9.17) is 9.47 Å². The normalized spacial score (nSPS) is 11.2. The van der Waals surface area contributed by atoms with E-state index in [-0.39, 0.29) is 17.9 Å². The molecule has 0 unspecified atom stereocenters. The van der Waals surface area contributed by atoms with Crippen molar-refractivity contribution in [3.05, 3.63) is 23.8 Å². The van der Waals surface area contributed by atoms with Crippen molar-refractivity contribution in [1.29, 1.82) is 0 Å². The Balaban J connectivity index is 2.59. The summed E-state index contributed by atoms with van der Waals surface area (Å²) in [5.41, 5.74) is 0.237. The highest BCUT2D eigenvalue weighted by molar-refractivity contribution is 5.79. The molecular weight excluding hydrogens is 277 g/mol. The summed E-state index contributed by atoms with van der Waals surface area (Å²) in [5.74, 6) is 0.656. The van der Waals surface area contributed by atoms with Gasteiger partial charge in [0.2, 0.25) is 0 Å². The lowest BCUT2D eigenvalue weighted by molar-refractivity contribution is -0.325. The van der Waals surface area contributed by atoms with Gasteiger partial charge < -0.3 is 9.47 Å². The molecule has 1 rings (SSSR count). The van der Waals surface area contributed by atoms with Crippen LogP contribution in [0.5, 0.6) is 11.5 Å². The minimum atomic E-state index is -4.69. The van der Waals surface area contributed by atoms with Gasteiger partial charge in [-0.2, -0.15) is 0 Å². The van der Waals surface area contributed by atoms with Gasteiger partial charge in [0.25, 0.3) is 0 Å². The van der Waals surface area contributed by atoms with Crippen molar-refractivity contribution in [2.45, 2.75) is 19.7 Å². The predicted octanol–water partition coefficient (Wildman–Crippen LogP) is 3.20. The molecule has 0 aromatic heterocycles. The van der Waals surface area contributed by atoms with Gasteiger partial charge in [-0.15, -0.1) is 13.2 Å². The van der Waals surface area contributed by atoms with Gasteiger partial charge in [-0.05, 0) is 18.6 Å². The SMILES string of the molecule is CCCOc1ccc(C=O)c(OCCOC(F)(F)F)c1. The van der Waals surface area contributed by atoms with Crippen LogP contribution in [-0.2, 0) is 4.74 Å². The van der Waals surface area contributed by atoms with E-state index in [1.54, 1.807) is 6.07 Å². The summed E-state index contributed by atoms with van der Waals surface area (Å²) in [6.07, 6.45) is -3.32. The molecule has 1 aromatic carbocycles. The Labute approximate surface area is 114 Å². The van der Waals surface area contributed by atoms with E-state index in [0.717, 1.165) is 6.42 Å². The Morgan fingerprint density at radius 3 is 2.50 bits per heavy atom. The summed E-state index contributed by atoms with van der Waals surface area (Å²) in [5, 5.41) is 0. The average molecular weight is 292 g/mol. The zero-order chi connectivity index (χ0) is 15.0. The van der Waals surface area contributed by atoms with Crippen LogP contribution in [0.25, 0.3) is 0 Å². The van der Waals surface area contributed by atoms with Crippen LogP contribution in [-0.4, -0.2) is 32.5 Å². The topological polar surface area (TPSA) is 44.8 Å². The van der Waals surface area contributed by atoms with Crippen molar-refractivity contribution in [2.75, 3.05) is 19.8 Å². The number of hydrogen-bond acceptors (Lipinski definition) is 4. The second-order valence-electron chi connectivity index (χ2n) is 3.81. The van der Waals surface area contributed by atoms with Gasteiger partial charge in [0, 0.05) is 6.07 Å². The number of halogens is 3. The molecule has 112 valence electrons. The quantitative estimate of drug-likeness (QED) is 0.545. The molecule has 0 aliphatic rings. The molecule has 0 atom stereocenters. The van der Waals surface area contributed by atoms with Crippen LogP contribution in [0.3, 0.4) is 0 Å². The van der Waals surface area contributed by atoms with Crippen molar-refractivity contribution in [1.82, 2.24) is 0 Å². The first-order chi connectivity index (χ1) is 9.46. The molecule has 0 saturated heterocycles. The van der Waals surface area contributed by atoms with E-state index < -0.39 is 13.0 Å². The summed E-state index contributed by atoms with van der Waals surface area (Å²) in [6.45, 7) is 1.46. The Morgan fingerprint density at radius 2 is 1.90 bits per heavy atom. The number of carbonyl (C=O) groups excluding carboxylic acids is 1. The Hall–Kier alpha value is -1.76. The van der Waals surface area contributed by atoms with E-state index in [1.165, 1.54) is 12.1 Å². The van der Waals surface area contributed by atoms with Crippen molar-refractivity contribution >= 4 is 6.29 Å². The van der Waals surface area contributed by atoms with Crippen LogP contribution >= 0.6 is 0 Å². The summed E-state index contributed by atoms with van der Waals surface area (Å²) in [7, 11) is 0. The van der Waals surface area contributed by atoms with Gasteiger partial charge in [-0.25, -0.2) is 0 Å². The van der Waals surface area contributed by atoms with Gasteiger partial charge in [-0.1, -0.05) is 6.92 Å². The molecule has 0 aliphatic carbocycles. The zero-order valence-corrected chi connectivity index (χ0v) is 10.9. The first-order valence-electron chi connectivity index (χ1n) is 6.01. The van der Waals surface area contributed by atoms with Crippen molar-refractivity contribution < 1.29 is 32.2 Å². The third-order valence-electron chi connectivity index (χ3n) is 2.19. The van der Waals surface area contributed by atoms with Crippen molar-refractivity contribution in [2.24, 2.45) is 0 Å². The molecule has 0 heterocycles. The third kappa shape index (κ3) is 5.92. The minimum absolute atomic E-state index is 0.166. The lowest BCUT2D eigenvalue weighted by Crippen LogP contribution is -2.18. The van der Waals surface area contributed by atoms with Crippen LogP contribution in [0, 0.1) is 0 Å². The number of alkyl halides is 3. The Kier molecular flexibility index (Phi) is 6.30. The molecule has 0 saturated carbocycles. The molecule has 0 N–H and O–H groups in total. The number of benzene rings is 1. The highest BCUT2D eigenvalue weighted by Crippen LogP contribution is 2.24. The van der Waals surface area contributed by atoms with Crippen LogP contribution in [0.1, 0.15) is 23.7 Å². The van der Waals surface area contributed by atoms with Gasteiger partial charge in [0.05, 0.1) is 18.8 Å². The molecule has 0 amide bonds. The van der Waals surface area contributed by atoms with Gasteiger partial charge in [-0.3, -0.25) is 9.53 Å². The van der Waals surface area contributed by atoms with Gasteiger partial charge >= 0.3 is 6.36 Å². The fraction of sp³-hybridized carbons (Fsp3) is 0.462. The fourth-order valence-electron chi connectivity index (χ4n) is 1.36. The van der Waals surface area contributed by atoms with E-state index >= 15 is 0 Å². The van der Waals surface area contributed by atoms with Gasteiger partial charge in [0.1, 0.15) is 18.1 Å². The van der Waals surface area contributed by atoms with Gasteiger partial charge in [0.15, 0.2) is 6.29 Å². The molecule has 0 bridgehead atoms. The summed E-state index contributed by atoms with van der Waals surface area (Å²) >= 11 is 0. The number of aldehydes is 1. The summed E-state index contributed by atoms with van der Waals surface area (Å²) in [4.78, 5) is 10.8. The van der Waals surface area contributed by atoms with E-state index in [9.17, 15) is 18.0 Å². The molecule has 7 heteroatoms. The molecule has 1 aromatic rings. The molecule has 0 fully saturated rings. The molecule has 0 spiro atoms. The minimum Gasteiger partial charge on any atom is -0.493 e. The largest absolute Gasteiger partial charge is 0.522 e. The summed E-state index contributed by atoms with van der Waals surface area (Å²) < 4.78 is 49.4. The van der Waals surface area contributed by atoms with Crippen LogP contribution in [0.15, 0.2) is 18.2 Å². The van der Waals surface area contributed by atoms with Crippen LogP contribution < -0.4 is 9.47 Å². The molecule has 20 heavy (non-hydrogen) atoms. The standard InChI is InChI=1S/C13H15F3O4/c1-2-5-18-11-4-3-10(9-17)12(8-11)19-6-7-20-13(14,15)16/h3-4,8-9H,2,5-7H2,1H3. The maximum atomic E-state index is 11.8. The molecular formula is C13H15F3O4. The summed E-state index contributed by atoms with van der Waals surface area (Å²) in [6, 6.07) is 4.55. The maximum Gasteiger partial charge on any atom is 0.522 e. The second kappa shape index (κ2) is 7.74. The lowest BCUT2D eigenvalue weighted by atomic mass is 10.2. The van der Waals surface area contributed by atoms with Crippen molar-refractivity contribution in [3.63, 3.8) is 0 Å². The highest BCUT2D eigenvalue weighted by Gasteiger charge is 2.28. The molecule has 0 aliphatic heterocycles. The number of ether oxygens (including phenoxy) is 3. The first kappa shape index (κ1) is 16.3. The Morgan fingerprint density at radius 1 is 1.15 bits per heavy atom. The Bertz CT molecular complexity index is 432. The average Bonchev–Trinajstić information content (AvgIpc) is 2.40. The highest BCUT2D eigenvalue weighted by atomic mass is 19.4. The van der Waals surface area contributed by atoms with E-state index in [1.807, 2.05) is 6.92 Å². The van der Waals surface area contributed by atoms with Crippen LogP contribution in [0.4, 0.5) is 13.2 Å². The fourth-order valence-corrected chi connectivity index (χ4v) is 1.36. The van der Waals surface area contributed by atoms with E-state index in [0.29, 0.717) is 18.6 Å². The molecule has 0 radical (unpaired) electrons. The van der Waals surface area contributed by atoms with E-state index in [2.05, 4.69) is 4.74 Å². The molecule has 4 nitrogen and oxygen atoms in total. The zero-order valence-electron chi connectivity index (χ0n) is 10.9. The van der Waals surface area contributed by atoms with Crippen LogP contribution in [0.2, 0.25) is 0 Å². The predicted molar refractivity (Wildman–Crippen MR) is 65.1 cm³/mol. The number of carbonyl (C=O) groups is 1. The monoisotopic (exact) mass is 292 g/mol. The smallest absolute Gasteiger partial charge is 0.493 e. The van der Waals surface area contributed by atoms with Crippen molar-refractivity contribution in [3.8, 4) is 11.5 Å².